The van der Waals surface area contributed by atoms with E-state index >= 15 is 0 Å². The molecule has 0 aliphatic heterocycles. The molecule has 0 aliphatic rings. The van der Waals surface area contributed by atoms with E-state index in [0.717, 1.165) is 15.8 Å². The second kappa shape index (κ2) is 4.18. The van der Waals surface area contributed by atoms with Gasteiger partial charge in [-0.2, -0.15) is 0 Å². The van der Waals surface area contributed by atoms with Gasteiger partial charge in [-0.05, 0) is 25.1 Å². The van der Waals surface area contributed by atoms with Gasteiger partial charge in [0, 0.05) is 4.47 Å². The van der Waals surface area contributed by atoms with E-state index in [9.17, 15) is 0 Å². The van der Waals surface area contributed by atoms with Gasteiger partial charge < -0.3 is 4.74 Å². The Morgan fingerprint density at radius 2 is 2.33 bits per heavy atom. The predicted octanol–water partition coefficient (Wildman–Crippen LogP) is 2.83. The van der Waals surface area contributed by atoms with Crippen LogP contribution < -0.4 is 4.74 Å². The summed E-state index contributed by atoms with van der Waals surface area (Å²) in [6, 6.07) is 5.64. The van der Waals surface area contributed by atoms with Gasteiger partial charge in [0.15, 0.2) is 0 Å². The van der Waals surface area contributed by atoms with E-state index in [-0.39, 0.29) is 0 Å². The lowest BCUT2D eigenvalue weighted by molar-refractivity contribution is 0.339. The van der Waals surface area contributed by atoms with E-state index in [1.807, 2.05) is 25.1 Å². The summed E-state index contributed by atoms with van der Waals surface area (Å²) in [6.45, 7) is 2.57. The van der Waals surface area contributed by atoms with Crippen molar-refractivity contribution in [2.24, 2.45) is 0 Å². The van der Waals surface area contributed by atoms with Crippen LogP contribution in [0.5, 0.6) is 5.75 Å². The van der Waals surface area contributed by atoms with Crippen molar-refractivity contribution in [3.05, 3.63) is 28.2 Å². The Bertz CT molecular complexity index is 312. The van der Waals surface area contributed by atoms with E-state index < -0.39 is 0 Å². The van der Waals surface area contributed by atoms with Crippen molar-refractivity contribution >= 4 is 15.9 Å². The van der Waals surface area contributed by atoms with Crippen molar-refractivity contribution in [1.29, 1.82) is 0 Å². The summed E-state index contributed by atoms with van der Waals surface area (Å²) in [4.78, 5) is 0. The largest absolute Gasteiger partial charge is 0.493 e. The van der Waals surface area contributed by atoms with Gasteiger partial charge in [0.1, 0.15) is 5.75 Å². The molecule has 1 aromatic carbocycles. The smallest absolute Gasteiger partial charge is 0.134 e. The Balaban J connectivity index is 3.05. The molecule has 0 saturated carbocycles. The van der Waals surface area contributed by atoms with E-state index in [1.54, 1.807) is 0 Å². The number of benzene rings is 1. The van der Waals surface area contributed by atoms with Crippen LogP contribution >= 0.6 is 15.9 Å². The minimum atomic E-state index is 0.635. The molecule has 1 rings (SSSR count). The maximum atomic E-state index is 5.32. The minimum absolute atomic E-state index is 0.635. The van der Waals surface area contributed by atoms with Crippen molar-refractivity contribution < 1.29 is 4.74 Å². The van der Waals surface area contributed by atoms with Gasteiger partial charge in [0.05, 0.1) is 12.2 Å². The fraction of sp³-hybridized carbons (Fsp3) is 0.200. The molecule has 1 nitrogen and oxygen atoms in total. The molecular formula is C10H9BrO. The lowest BCUT2D eigenvalue weighted by Gasteiger charge is -2.05. The molecule has 0 N–H and O–H groups in total. The molecule has 1 aromatic rings. The zero-order chi connectivity index (χ0) is 8.97. The van der Waals surface area contributed by atoms with Gasteiger partial charge in [-0.3, -0.25) is 0 Å². The lowest BCUT2D eigenvalue weighted by atomic mass is 10.2. The maximum Gasteiger partial charge on any atom is 0.134 e. The quantitative estimate of drug-likeness (QED) is 0.703. The van der Waals surface area contributed by atoms with Crippen molar-refractivity contribution in [2.75, 3.05) is 6.61 Å². The number of hydrogen-bond donors (Lipinski definition) is 0. The van der Waals surface area contributed by atoms with E-state index in [4.69, 9.17) is 11.2 Å². The molecule has 62 valence electrons. The molecule has 0 fully saturated rings. The maximum absolute atomic E-state index is 5.32. The first-order valence-corrected chi connectivity index (χ1v) is 4.46. The molecule has 0 unspecified atom stereocenters. The van der Waals surface area contributed by atoms with Gasteiger partial charge in [-0.15, -0.1) is 6.42 Å². The molecular weight excluding hydrogens is 216 g/mol. The Labute approximate surface area is 80.9 Å². The Morgan fingerprint density at radius 3 is 2.92 bits per heavy atom. The third-order valence-corrected chi connectivity index (χ3v) is 1.89. The Hall–Kier alpha value is -0.940. The average molecular weight is 225 g/mol. The van der Waals surface area contributed by atoms with Crippen molar-refractivity contribution in [2.45, 2.75) is 6.92 Å². The number of terminal acetylenes is 1. The SMILES string of the molecule is C#Cc1cc(Br)ccc1OCC. The summed E-state index contributed by atoms with van der Waals surface area (Å²) >= 11 is 3.34. The molecule has 0 spiro atoms. The molecule has 0 atom stereocenters. The molecule has 0 bridgehead atoms. The number of hydrogen-bond acceptors (Lipinski definition) is 1. The zero-order valence-corrected chi connectivity index (χ0v) is 8.39. The minimum Gasteiger partial charge on any atom is -0.493 e. The van der Waals surface area contributed by atoms with Crippen molar-refractivity contribution in [3.8, 4) is 18.1 Å². The number of rotatable bonds is 2. The highest BCUT2D eigenvalue weighted by molar-refractivity contribution is 9.10. The fourth-order valence-corrected chi connectivity index (χ4v) is 1.26. The molecule has 12 heavy (non-hydrogen) atoms. The average Bonchev–Trinajstić information content (AvgIpc) is 2.08. The van der Waals surface area contributed by atoms with Crippen molar-refractivity contribution in [3.63, 3.8) is 0 Å². The van der Waals surface area contributed by atoms with E-state index in [2.05, 4.69) is 21.9 Å². The fourth-order valence-electron chi connectivity index (χ4n) is 0.896. The number of ether oxygens (including phenoxy) is 1. The summed E-state index contributed by atoms with van der Waals surface area (Å²) in [5.74, 6) is 3.33. The van der Waals surface area contributed by atoms with Crippen LogP contribution in [0.2, 0.25) is 0 Å². The molecule has 0 aromatic heterocycles. The lowest BCUT2D eigenvalue weighted by Crippen LogP contribution is -1.93. The summed E-state index contributed by atoms with van der Waals surface area (Å²) in [6.07, 6.45) is 5.30. The van der Waals surface area contributed by atoms with Crippen LogP contribution in [0.1, 0.15) is 12.5 Å². The molecule has 2 heteroatoms. The molecule has 0 heterocycles. The summed E-state index contributed by atoms with van der Waals surface area (Å²) in [5.41, 5.74) is 0.784. The highest BCUT2D eigenvalue weighted by atomic mass is 79.9. The molecule has 0 radical (unpaired) electrons. The van der Waals surface area contributed by atoms with Gasteiger partial charge in [-0.25, -0.2) is 0 Å². The standard InChI is InChI=1S/C10H9BrO/c1-3-8-7-9(11)5-6-10(8)12-4-2/h1,5-7H,4H2,2H3. The summed E-state index contributed by atoms with van der Waals surface area (Å²) in [7, 11) is 0. The van der Waals surface area contributed by atoms with Crippen LogP contribution in [-0.4, -0.2) is 6.61 Å². The second-order valence-corrected chi connectivity index (χ2v) is 3.13. The molecule has 0 saturated heterocycles. The predicted molar refractivity (Wildman–Crippen MR) is 53.2 cm³/mol. The number of halogens is 1. The van der Waals surface area contributed by atoms with Crippen LogP contribution in [0, 0.1) is 12.3 Å². The third kappa shape index (κ3) is 2.02. The van der Waals surface area contributed by atoms with Crippen LogP contribution in [0.25, 0.3) is 0 Å². The van der Waals surface area contributed by atoms with Crippen LogP contribution in [0.4, 0.5) is 0 Å². The van der Waals surface area contributed by atoms with Gasteiger partial charge in [0.2, 0.25) is 0 Å². The second-order valence-electron chi connectivity index (χ2n) is 2.22. The van der Waals surface area contributed by atoms with Crippen molar-refractivity contribution in [1.82, 2.24) is 0 Å². The monoisotopic (exact) mass is 224 g/mol. The first kappa shape index (κ1) is 9.15. The summed E-state index contributed by atoms with van der Waals surface area (Å²) < 4.78 is 6.29. The van der Waals surface area contributed by atoms with Gasteiger partial charge >= 0.3 is 0 Å². The molecule has 0 aliphatic carbocycles. The first-order chi connectivity index (χ1) is 5.77. The van der Waals surface area contributed by atoms with Crippen LogP contribution in [0.3, 0.4) is 0 Å². The molecule has 0 amide bonds. The highest BCUT2D eigenvalue weighted by Crippen LogP contribution is 2.21. The zero-order valence-electron chi connectivity index (χ0n) is 6.80. The van der Waals surface area contributed by atoms with Gasteiger partial charge in [0.25, 0.3) is 0 Å². The van der Waals surface area contributed by atoms with Crippen LogP contribution in [0.15, 0.2) is 22.7 Å². The normalized spacial score (nSPS) is 9.08. The highest BCUT2D eigenvalue weighted by Gasteiger charge is 1.99. The Kier molecular flexibility index (Phi) is 3.19. The third-order valence-electron chi connectivity index (χ3n) is 1.40. The van der Waals surface area contributed by atoms with E-state index in [0.29, 0.717) is 6.61 Å². The van der Waals surface area contributed by atoms with Gasteiger partial charge in [-0.1, -0.05) is 21.9 Å². The Morgan fingerprint density at radius 1 is 1.58 bits per heavy atom. The summed E-state index contributed by atoms with van der Waals surface area (Å²) in [5, 5.41) is 0. The first-order valence-electron chi connectivity index (χ1n) is 3.67. The topological polar surface area (TPSA) is 9.23 Å². The van der Waals surface area contributed by atoms with Crippen LogP contribution in [-0.2, 0) is 0 Å². The van der Waals surface area contributed by atoms with E-state index in [1.165, 1.54) is 0 Å².